The zero-order chi connectivity index (χ0) is 20.6. The zero-order valence-corrected chi connectivity index (χ0v) is 17.7. The molecule has 1 aromatic heterocycles. The molecule has 0 fully saturated rings. The first kappa shape index (κ1) is 20.8. The molecule has 3 aromatic rings. The highest BCUT2D eigenvalue weighted by atomic mass is 32.1. The molecule has 0 aliphatic rings. The van der Waals surface area contributed by atoms with E-state index in [0.717, 1.165) is 34.7 Å². The number of rotatable bonds is 9. The molecule has 2 aromatic carbocycles. The lowest BCUT2D eigenvalue weighted by atomic mass is 10.1. The monoisotopic (exact) mass is 411 g/mol. The number of aromatic nitrogens is 2. The predicted octanol–water partition coefficient (Wildman–Crippen LogP) is 4.60. The molecule has 0 N–H and O–H groups in total. The van der Waals surface area contributed by atoms with Gasteiger partial charge < -0.3 is 9.47 Å². The van der Waals surface area contributed by atoms with Crippen molar-refractivity contribution in [3.05, 3.63) is 54.1 Å². The fraction of sp³-hybridized carbons (Fsp3) is 0.318. The summed E-state index contributed by atoms with van der Waals surface area (Å²) in [6.45, 7) is 2.72. The van der Waals surface area contributed by atoms with Crippen molar-refractivity contribution >= 4 is 22.4 Å². The van der Waals surface area contributed by atoms with Crippen molar-refractivity contribution in [2.75, 3.05) is 25.7 Å². The van der Waals surface area contributed by atoms with E-state index >= 15 is 0 Å². The Balaban J connectivity index is 1.82. The second-order valence-electron chi connectivity index (χ2n) is 6.51. The smallest absolute Gasteiger partial charge is 0.233 e. The van der Waals surface area contributed by atoms with E-state index in [-0.39, 0.29) is 12.3 Å². The molecule has 0 radical (unpaired) electrons. The van der Waals surface area contributed by atoms with E-state index in [2.05, 4.69) is 17.1 Å². The minimum Gasteiger partial charge on any atom is -0.497 e. The number of amides is 1. The maximum atomic E-state index is 13.1. The number of unbranched alkanes of at least 4 members (excludes halogenated alkanes) is 1. The molecule has 0 atom stereocenters. The summed E-state index contributed by atoms with van der Waals surface area (Å²) < 4.78 is 10.6. The lowest BCUT2D eigenvalue weighted by Gasteiger charge is -2.19. The van der Waals surface area contributed by atoms with Gasteiger partial charge in [0.05, 0.1) is 20.6 Å². The van der Waals surface area contributed by atoms with Gasteiger partial charge >= 0.3 is 0 Å². The topological polar surface area (TPSA) is 64.6 Å². The van der Waals surface area contributed by atoms with Crippen LogP contribution in [-0.4, -0.2) is 36.9 Å². The number of nitrogens with zero attached hydrogens (tertiary/aromatic N) is 3. The summed E-state index contributed by atoms with van der Waals surface area (Å²) in [5.41, 5.74) is 1.81. The third kappa shape index (κ3) is 5.12. The van der Waals surface area contributed by atoms with E-state index in [9.17, 15) is 4.79 Å². The average molecular weight is 412 g/mol. The molecule has 152 valence electrons. The number of hydrogen-bond donors (Lipinski definition) is 0. The second-order valence-corrected chi connectivity index (χ2v) is 7.46. The number of hydrogen-bond acceptors (Lipinski definition) is 6. The first-order chi connectivity index (χ1) is 14.2. The van der Waals surface area contributed by atoms with Crippen LogP contribution in [0.3, 0.4) is 0 Å². The molecule has 0 bridgehead atoms. The summed E-state index contributed by atoms with van der Waals surface area (Å²) in [4.78, 5) is 14.8. The third-order valence-corrected chi connectivity index (χ3v) is 5.55. The summed E-state index contributed by atoms with van der Waals surface area (Å²) in [5, 5.41) is 10.00. The maximum Gasteiger partial charge on any atom is 0.233 e. The van der Waals surface area contributed by atoms with Crippen molar-refractivity contribution in [2.24, 2.45) is 0 Å². The van der Waals surface area contributed by atoms with Gasteiger partial charge in [0.1, 0.15) is 16.5 Å². The van der Waals surface area contributed by atoms with E-state index < -0.39 is 0 Å². The summed E-state index contributed by atoms with van der Waals surface area (Å²) >= 11 is 1.42. The van der Waals surface area contributed by atoms with Gasteiger partial charge in [0.25, 0.3) is 0 Å². The zero-order valence-electron chi connectivity index (χ0n) is 16.9. The van der Waals surface area contributed by atoms with Crippen LogP contribution in [0.25, 0.3) is 10.6 Å². The fourth-order valence-corrected chi connectivity index (χ4v) is 3.82. The number of carbonyl (C=O) groups excluding carboxylic acids is 1. The van der Waals surface area contributed by atoms with Crippen LogP contribution < -0.4 is 14.4 Å². The molecule has 1 amide bonds. The SMILES string of the molecule is CCCCN(C(=O)Cc1ccccc1OC)c1nnc(-c2ccc(OC)cc2)s1. The van der Waals surface area contributed by atoms with Gasteiger partial charge in [0.15, 0.2) is 0 Å². The maximum absolute atomic E-state index is 13.1. The Hall–Kier alpha value is -2.93. The molecule has 0 unspecified atom stereocenters. The number of benzene rings is 2. The molecular formula is C22H25N3O3S. The summed E-state index contributed by atoms with van der Waals surface area (Å²) in [6, 6.07) is 15.2. The first-order valence-electron chi connectivity index (χ1n) is 9.56. The lowest BCUT2D eigenvalue weighted by Crippen LogP contribution is -2.33. The summed E-state index contributed by atoms with van der Waals surface area (Å²) in [5.74, 6) is 1.49. The second kappa shape index (κ2) is 10.0. The quantitative estimate of drug-likeness (QED) is 0.515. The fourth-order valence-electron chi connectivity index (χ4n) is 2.93. The molecule has 0 saturated carbocycles. The lowest BCUT2D eigenvalue weighted by molar-refractivity contribution is -0.118. The van der Waals surface area contributed by atoms with E-state index in [1.54, 1.807) is 19.1 Å². The molecule has 0 saturated heterocycles. The largest absolute Gasteiger partial charge is 0.497 e. The highest BCUT2D eigenvalue weighted by Crippen LogP contribution is 2.30. The number of ether oxygens (including phenoxy) is 2. The van der Waals surface area contributed by atoms with Crippen LogP contribution in [0.15, 0.2) is 48.5 Å². The van der Waals surface area contributed by atoms with Gasteiger partial charge in [-0.3, -0.25) is 9.69 Å². The number of anilines is 1. The molecule has 1 heterocycles. The predicted molar refractivity (Wildman–Crippen MR) is 116 cm³/mol. The van der Waals surface area contributed by atoms with Gasteiger partial charge in [0.2, 0.25) is 11.0 Å². The van der Waals surface area contributed by atoms with Crippen molar-refractivity contribution < 1.29 is 14.3 Å². The van der Waals surface area contributed by atoms with Gasteiger partial charge in [0, 0.05) is 17.7 Å². The van der Waals surface area contributed by atoms with E-state index in [1.165, 1.54) is 11.3 Å². The highest BCUT2D eigenvalue weighted by Gasteiger charge is 2.21. The van der Waals surface area contributed by atoms with Crippen molar-refractivity contribution in [3.8, 4) is 22.1 Å². The normalized spacial score (nSPS) is 10.6. The molecule has 0 aliphatic carbocycles. The van der Waals surface area contributed by atoms with Crippen LogP contribution in [0, 0.1) is 0 Å². The van der Waals surface area contributed by atoms with Crippen molar-refractivity contribution in [1.29, 1.82) is 0 Å². The number of para-hydroxylation sites is 1. The van der Waals surface area contributed by atoms with Gasteiger partial charge in [-0.25, -0.2) is 0 Å². The van der Waals surface area contributed by atoms with Gasteiger partial charge in [-0.15, -0.1) is 10.2 Å². The first-order valence-corrected chi connectivity index (χ1v) is 10.4. The summed E-state index contributed by atoms with van der Waals surface area (Å²) in [6.07, 6.45) is 2.14. The Kier molecular flexibility index (Phi) is 7.19. The van der Waals surface area contributed by atoms with Crippen LogP contribution in [0.4, 0.5) is 5.13 Å². The Morgan fingerprint density at radius 2 is 1.79 bits per heavy atom. The number of methoxy groups -OCH3 is 2. The molecule has 29 heavy (non-hydrogen) atoms. The average Bonchev–Trinajstić information content (AvgIpc) is 3.24. The third-order valence-electron chi connectivity index (χ3n) is 4.55. The van der Waals surface area contributed by atoms with Crippen molar-refractivity contribution in [1.82, 2.24) is 10.2 Å². The minimum atomic E-state index is -0.0135. The molecule has 7 heteroatoms. The van der Waals surface area contributed by atoms with Crippen LogP contribution >= 0.6 is 11.3 Å². The minimum absolute atomic E-state index is 0.0135. The van der Waals surface area contributed by atoms with Crippen LogP contribution in [0.2, 0.25) is 0 Å². The summed E-state index contributed by atoms with van der Waals surface area (Å²) in [7, 11) is 3.25. The Morgan fingerprint density at radius 3 is 2.48 bits per heavy atom. The van der Waals surface area contributed by atoms with Crippen LogP contribution in [-0.2, 0) is 11.2 Å². The van der Waals surface area contributed by atoms with Crippen molar-refractivity contribution in [3.63, 3.8) is 0 Å². The molecule has 3 rings (SSSR count). The highest BCUT2D eigenvalue weighted by molar-refractivity contribution is 7.18. The van der Waals surface area contributed by atoms with E-state index in [4.69, 9.17) is 9.47 Å². The molecule has 6 nitrogen and oxygen atoms in total. The van der Waals surface area contributed by atoms with Gasteiger partial charge in [-0.1, -0.05) is 42.9 Å². The molecular weight excluding hydrogens is 386 g/mol. The van der Waals surface area contributed by atoms with E-state index in [0.29, 0.717) is 17.4 Å². The van der Waals surface area contributed by atoms with Crippen LogP contribution in [0.1, 0.15) is 25.3 Å². The Labute approximate surface area is 175 Å². The van der Waals surface area contributed by atoms with E-state index in [1.807, 2.05) is 48.5 Å². The Morgan fingerprint density at radius 1 is 1.03 bits per heavy atom. The molecule has 0 spiro atoms. The Bertz CT molecular complexity index is 940. The number of carbonyl (C=O) groups is 1. The standard InChI is InChI=1S/C22H25N3O3S/c1-4-5-14-25(20(26)15-17-8-6-7-9-19(17)28-3)22-24-23-21(29-22)16-10-12-18(27-2)13-11-16/h6-13H,4-5,14-15H2,1-3H3. The van der Waals surface area contributed by atoms with Crippen molar-refractivity contribution in [2.45, 2.75) is 26.2 Å². The van der Waals surface area contributed by atoms with Gasteiger partial charge in [-0.2, -0.15) is 0 Å². The van der Waals surface area contributed by atoms with Crippen LogP contribution in [0.5, 0.6) is 11.5 Å². The molecule has 0 aliphatic heterocycles. The van der Waals surface area contributed by atoms with Gasteiger partial charge in [-0.05, 0) is 36.8 Å².